The van der Waals surface area contributed by atoms with Gasteiger partial charge in [0.05, 0.1) is 11.1 Å². The van der Waals surface area contributed by atoms with Crippen LogP contribution in [-0.4, -0.2) is 19.9 Å². The van der Waals surface area contributed by atoms with Crippen molar-refractivity contribution in [1.82, 2.24) is 14.0 Å². The van der Waals surface area contributed by atoms with Crippen molar-refractivity contribution >= 4 is 39.4 Å². The summed E-state index contributed by atoms with van der Waals surface area (Å²) in [5.41, 5.74) is 0.974. The molecule has 0 unspecified atom stereocenters. The average Bonchev–Trinajstić information content (AvgIpc) is 2.90. The lowest BCUT2D eigenvalue weighted by molar-refractivity contribution is -0.124. The molecule has 2 aromatic heterocycles. The number of fused-ring (bicyclic) bond motifs is 1. The first kappa shape index (κ1) is 16.6. The summed E-state index contributed by atoms with van der Waals surface area (Å²) in [5, 5.41) is 2.58. The van der Waals surface area contributed by atoms with E-state index in [1.165, 1.54) is 47.1 Å². The number of hydrogen-bond donors (Lipinski definition) is 1. The summed E-state index contributed by atoms with van der Waals surface area (Å²) in [6, 6.07) is 5.47. The van der Waals surface area contributed by atoms with Gasteiger partial charge in [0, 0.05) is 18.9 Å². The van der Waals surface area contributed by atoms with Crippen molar-refractivity contribution in [1.29, 1.82) is 0 Å². The second-order valence-electron chi connectivity index (χ2n) is 5.05. The largest absolute Gasteiger partial charge is 0.273 e. The topological polar surface area (TPSA) is 81.2 Å². The molecule has 0 atom stereocenters. The molecule has 2 heterocycles. The number of hydrogen-bond acceptors (Lipinski definition) is 6. The third-order valence-electron chi connectivity index (χ3n) is 3.34. The zero-order valence-electron chi connectivity index (χ0n) is 12.8. The van der Waals surface area contributed by atoms with E-state index in [0.29, 0.717) is 15.9 Å². The van der Waals surface area contributed by atoms with Crippen LogP contribution in [0.2, 0.25) is 0 Å². The minimum Gasteiger partial charge on any atom is -0.273 e. The highest BCUT2D eigenvalue weighted by Crippen LogP contribution is 2.27. The van der Waals surface area contributed by atoms with Gasteiger partial charge in [-0.3, -0.25) is 14.2 Å². The van der Waals surface area contributed by atoms with E-state index >= 15 is 0 Å². The number of rotatable bonds is 3. The molecule has 124 valence electrons. The number of nitrogens with zero attached hydrogens (tertiary/aromatic N) is 3. The Morgan fingerprint density at radius 3 is 2.67 bits per heavy atom. The molecular weight excluding hydrogens is 351 g/mol. The number of halogens is 1. The molecule has 3 rings (SSSR count). The van der Waals surface area contributed by atoms with Crippen LogP contribution in [0, 0.1) is 12.7 Å². The Balaban J connectivity index is 2.28. The highest BCUT2D eigenvalue weighted by Gasteiger charge is 2.19. The lowest BCUT2D eigenvalue weighted by Gasteiger charge is -2.16. The van der Waals surface area contributed by atoms with Crippen LogP contribution in [0.1, 0.15) is 12.5 Å². The average molecular weight is 364 g/mol. The number of carbonyl (C=O) groups is 1. The first-order valence-electron chi connectivity index (χ1n) is 6.88. The molecule has 6 nitrogen and oxygen atoms in total. The van der Waals surface area contributed by atoms with E-state index in [4.69, 9.17) is 5.84 Å². The Labute approximate surface area is 144 Å². The minimum atomic E-state index is -0.411. The Hall–Kier alpha value is -2.23. The van der Waals surface area contributed by atoms with E-state index < -0.39 is 5.82 Å². The minimum absolute atomic E-state index is 0.235. The van der Waals surface area contributed by atoms with Gasteiger partial charge < -0.3 is 0 Å². The molecule has 3 aromatic rings. The lowest BCUT2D eigenvalue weighted by atomic mass is 10.2. The van der Waals surface area contributed by atoms with Crippen LogP contribution < -0.4 is 11.4 Å². The molecule has 0 saturated heterocycles. The molecule has 0 saturated carbocycles. The smallest absolute Gasteiger partial charge is 0.267 e. The van der Waals surface area contributed by atoms with Crippen molar-refractivity contribution in [3.63, 3.8) is 0 Å². The molecular formula is C15H13FN4O2S2. The third kappa shape index (κ3) is 2.93. The molecule has 0 radical (unpaired) electrons. The molecule has 0 aliphatic carbocycles. The Kier molecular flexibility index (Phi) is 4.39. The van der Waals surface area contributed by atoms with Crippen molar-refractivity contribution in [2.24, 2.45) is 5.84 Å². The number of hydrazine groups is 1. The number of amides is 1. The summed E-state index contributed by atoms with van der Waals surface area (Å²) in [6.07, 6.45) is 0. The molecule has 9 heteroatoms. The second kappa shape index (κ2) is 6.34. The fourth-order valence-corrected chi connectivity index (χ4v) is 3.82. The summed E-state index contributed by atoms with van der Waals surface area (Å²) in [7, 11) is 0. The van der Waals surface area contributed by atoms with Gasteiger partial charge in [0.15, 0.2) is 5.16 Å². The van der Waals surface area contributed by atoms with Crippen LogP contribution in [0.25, 0.3) is 15.9 Å². The maximum absolute atomic E-state index is 13.2. The van der Waals surface area contributed by atoms with Crippen molar-refractivity contribution in [3.8, 4) is 5.69 Å². The Morgan fingerprint density at radius 1 is 1.38 bits per heavy atom. The molecule has 1 amide bonds. The van der Waals surface area contributed by atoms with E-state index in [-0.39, 0.29) is 16.6 Å². The maximum Gasteiger partial charge on any atom is 0.267 e. The van der Waals surface area contributed by atoms with E-state index in [0.717, 1.165) is 21.9 Å². The van der Waals surface area contributed by atoms with Crippen LogP contribution in [0.15, 0.2) is 39.6 Å². The van der Waals surface area contributed by atoms with E-state index in [1.54, 1.807) is 0 Å². The van der Waals surface area contributed by atoms with E-state index in [2.05, 4.69) is 4.98 Å². The highest BCUT2D eigenvalue weighted by molar-refractivity contribution is 7.97. The van der Waals surface area contributed by atoms with Gasteiger partial charge in [0.1, 0.15) is 10.6 Å². The summed E-state index contributed by atoms with van der Waals surface area (Å²) in [4.78, 5) is 29.4. The maximum atomic E-state index is 13.2. The number of thiophene rings is 1. The number of aryl methyl sites for hydroxylation is 1. The van der Waals surface area contributed by atoms with Gasteiger partial charge in [-0.1, -0.05) is 0 Å². The Bertz CT molecular complexity index is 982. The van der Waals surface area contributed by atoms with E-state index in [9.17, 15) is 14.0 Å². The number of carbonyl (C=O) groups excluding carboxylic acids is 1. The third-order valence-corrected chi connectivity index (χ3v) is 5.22. The molecule has 24 heavy (non-hydrogen) atoms. The number of benzene rings is 1. The predicted molar refractivity (Wildman–Crippen MR) is 92.5 cm³/mol. The SMILES string of the molecule is CC(=O)N(N)Sc1nc2scc(C)c2c(=O)n1-c1ccc(F)cc1. The van der Waals surface area contributed by atoms with Crippen LogP contribution in [0.3, 0.4) is 0 Å². The molecule has 1 aromatic carbocycles. The quantitative estimate of drug-likeness (QED) is 0.254. The first-order valence-corrected chi connectivity index (χ1v) is 8.54. The summed E-state index contributed by atoms with van der Waals surface area (Å²) < 4.78 is 15.4. The summed E-state index contributed by atoms with van der Waals surface area (Å²) in [6.45, 7) is 3.13. The fraction of sp³-hybridized carbons (Fsp3) is 0.133. The van der Waals surface area contributed by atoms with Gasteiger partial charge in [0.25, 0.3) is 5.56 Å². The lowest BCUT2D eigenvalue weighted by Crippen LogP contribution is -2.30. The zero-order valence-corrected chi connectivity index (χ0v) is 14.4. The summed E-state index contributed by atoms with van der Waals surface area (Å²) in [5.74, 6) is 4.86. The number of nitrogens with two attached hydrogens (primary N) is 1. The molecule has 2 N–H and O–H groups in total. The van der Waals surface area contributed by atoms with Crippen LogP contribution >= 0.6 is 23.3 Å². The summed E-state index contributed by atoms with van der Waals surface area (Å²) >= 11 is 2.18. The molecule has 0 aliphatic rings. The van der Waals surface area contributed by atoms with Crippen LogP contribution in [0.4, 0.5) is 4.39 Å². The van der Waals surface area contributed by atoms with Crippen molar-refractivity contribution in [2.45, 2.75) is 19.0 Å². The van der Waals surface area contributed by atoms with Gasteiger partial charge in [-0.2, -0.15) is 0 Å². The van der Waals surface area contributed by atoms with Crippen LogP contribution in [-0.2, 0) is 4.79 Å². The Morgan fingerprint density at radius 2 is 2.04 bits per heavy atom. The molecule has 0 fully saturated rings. The van der Waals surface area contributed by atoms with Crippen molar-refractivity contribution in [2.75, 3.05) is 0 Å². The highest BCUT2D eigenvalue weighted by atomic mass is 32.2. The molecule has 0 spiro atoms. The monoisotopic (exact) mass is 364 g/mol. The fourth-order valence-electron chi connectivity index (χ4n) is 2.14. The van der Waals surface area contributed by atoms with Gasteiger partial charge in [-0.05, 0) is 42.1 Å². The zero-order chi connectivity index (χ0) is 17.4. The normalized spacial score (nSPS) is 11.0. The van der Waals surface area contributed by atoms with Crippen molar-refractivity contribution < 1.29 is 9.18 Å². The van der Waals surface area contributed by atoms with Crippen LogP contribution in [0.5, 0.6) is 0 Å². The molecule has 0 aliphatic heterocycles. The van der Waals surface area contributed by atoms with Gasteiger partial charge in [-0.25, -0.2) is 19.6 Å². The van der Waals surface area contributed by atoms with E-state index in [1.807, 2.05) is 12.3 Å². The number of aromatic nitrogens is 2. The van der Waals surface area contributed by atoms with Gasteiger partial charge in [0.2, 0.25) is 5.91 Å². The second-order valence-corrected chi connectivity index (χ2v) is 6.85. The first-order chi connectivity index (χ1) is 11.4. The predicted octanol–water partition coefficient (Wildman–Crippen LogP) is 2.62. The van der Waals surface area contributed by atoms with Gasteiger partial charge >= 0.3 is 0 Å². The van der Waals surface area contributed by atoms with Gasteiger partial charge in [-0.15, -0.1) is 11.3 Å². The molecule has 0 bridgehead atoms. The standard InChI is InChI=1S/C15H13FN4O2S2/c1-8-7-23-13-12(8)14(22)19(11-5-3-10(16)4-6-11)15(18-13)24-20(17)9(2)21/h3-7H,17H2,1-2H3. The van der Waals surface area contributed by atoms with Crippen molar-refractivity contribution in [3.05, 3.63) is 51.4 Å².